The monoisotopic (exact) mass is 458 g/mol. The van der Waals surface area contributed by atoms with Crippen molar-refractivity contribution >= 4 is 22.8 Å². The van der Waals surface area contributed by atoms with E-state index in [1.165, 1.54) is 18.1 Å². The highest BCUT2D eigenvalue weighted by Gasteiger charge is 2.27. The van der Waals surface area contributed by atoms with Crippen molar-refractivity contribution < 1.29 is 14.1 Å². The number of nitrogens with zero attached hydrogens (tertiary/aromatic N) is 2. The lowest BCUT2D eigenvalue weighted by atomic mass is 10.00. The van der Waals surface area contributed by atoms with E-state index in [0.29, 0.717) is 5.75 Å². The zero-order valence-electron chi connectivity index (χ0n) is 18.8. The van der Waals surface area contributed by atoms with Crippen LogP contribution in [-0.2, 0) is 16.2 Å². The van der Waals surface area contributed by atoms with Crippen LogP contribution in [-0.4, -0.2) is 32.3 Å². The second-order valence-corrected chi connectivity index (χ2v) is 9.97. The van der Waals surface area contributed by atoms with Crippen molar-refractivity contribution in [3.8, 4) is 28.0 Å². The summed E-state index contributed by atoms with van der Waals surface area (Å²) in [4.78, 5) is 12.5. The molecule has 5 rings (SSSR count). The van der Waals surface area contributed by atoms with Crippen LogP contribution in [0.25, 0.3) is 27.8 Å². The first kappa shape index (κ1) is 21.8. The number of hydrogen-bond donors (Lipinski definition) is 0. The van der Waals surface area contributed by atoms with Gasteiger partial charge in [-0.15, -0.1) is 4.31 Å². The number of fused-ring (bicyclic) bond motifs is 1. The Morgan fingerprint density at radius 1 is 0.909 bits per heavy atom. The van der Waals surface area contributed by atoms with Gasteiger partial charge in [0, 0.05) is 37.8 Å². The zero-order valence-corrected chi connectivity index (χ0v) is 19.6. The maximum absolute atomic E-state index is 13.0. The fourth-order valence-corrected chi connectivity index (χ4v) is 5.64. The fraction of sp³-hybridized carbons (Fsp3) is 0.222. The average molecular weight is 459 g/mol. The molecule has 1 saturated heterocycles. The van der Waals surface area contributed by atoms with E-state index in [1.807, 2.05) is 33.2 Å². The Morgan fingerprint density at radius 3 is 2.27 bits per heavy atom. The van der Waals surface area contributed by atoms with Crippen LogP contribution in [0.15, 0.2) is 78.0 Å². The molecule has 3 heterocycles. The second kappa shape index (κ2) is 9.06. The molecular weight excluding hydrogens is 432 g/mol. The summed E-state index contributed by atoms with van der Waals surface area (Å²) in [6.45, 7) is 5.17. The summed E-state index contributed by atoms with van der Waals surface area (Å²) in [6, 6.07) is 20.5. The smallest absolute Gasteiger partial charge is 0.308 e. The lowest BCUT2D eigenvalue weighted by Crippen LogP contribution is -2.27. The normalized spacial score (nSPS) is 15.1. The Kier molecular flexibility index (Phi) is 5.98. The van der Waals surface area contributed by atoms with E-state index in [0.717, 1.165) is 53.0 Å². The van der Waals surface area contributed by atoms with Crippen LogP contribution in [0.3, 0.4) is 0 Å². The Balaban J connectivity index is 1.53. The molecule has 1 atom stereocenters. The number of ether oxygens (including phenoxy) is 1. The number of pyridine rings is 1. The Morgan fingerprint density at radius 2 is 1.61 bits per heavy atom. The van der Waals surface area contributed by atoms with Gasteiger partial charge in [-0.2, -0.15) is 0 Å². The number of aromatic nitrogens is 1. The molecule has 5 nitrogen and oxygen atoms in total. The van der Waals surface area contributed by atoms with Crippen molar-refractivity contribution in [2.75, 3.05) is 13.1 Å². The molecule has 0 radical (unpaired) electrons. The number of carbonyl (C=O) groups is 1. The number of rotatable bonds is 5. The molecule has 1 unspecified atom stereocenters. The topological polar surface area (TPSA) is 57.0 Å². The number of carbonyl (C=O) groups excluding carboxylic acids is 1. The highest BCUT2D eigenvalue weighted by atomic mass is 32.2. The summed E-state index contributed by atoms with van der Waals surface area (Å²) in [7, 11) is 0. The zero-order chi connectivity index (χ0) is 22.9. The summed E-state index contributed by atoms with van der Waals surface area (Å²) in [6.07, 6.45) is 6.01. The molecule has 1 aliphatic rings. The maximum atomic E-state index is 13.0. The van der Waals surface area contributed by atoms with Crippen LogP contribution in [0.4, 0.5) is 0 Å². The van der Waals surface area contributed by atoms with Crippen molar-refractivity contribution in [3.05, 3.63) is 78.6 Å². The largest absolute Gasteiger partial charge is 0.593 e. The van der Waals surface area contributed by atoms with E-state index >= 15 is 0 Å². The van der Waals surface area contributed by atoms with Gasteiger partial charge in [0.1, 0.15) is 0 Å². The van der Waals surface area contributed by atoms with Crippen molar-refractivity contribution in [1.29, 1.82) is 0 Å². The first-order valence-electron chi connectivity index (χ1n) is 11.2. The Labute approximate surface area is 196 Å². The molecule has 0 aliphatic carbocycles. The van der Waals surface area contributed by atoms with Crippen LogP contribution in [0.1, 0.15) is 25.3 Å². The molecule has 0 amide bonds. The molecule has 0 saturated carbocycles. The van der Waals surface area contributed by atoms with E-state index in [2.05, 4.69) is 55.5 Å². The standard InChI is InChI=1S/C27H26N2O3S/c1-19-6-5-7-23(14-19)21-8-10-22(11-9-21)24-15-27(32-20(2)30)26-16-25(18-28(26)17-24)33(31)29-12-3-4-13-29/h5-11,14-18H,3-4,12-13H2,1-2H3. The first-order valence-corrected chi connectivity index (χ1v) is 12.3. The molecular formula is C27H26N2O3S. The third kappa shape index (κ3) is 4.55. The van der Waals surface area contributed by atoms with E-state index in [-0.39, 0.29) is 5.97 Å². The molecule has 0 spiro atoms. The van der Waals surface area contributed by atoms with Gasteiger partial charge in [-0.1, -0.05) is 54.1 Å². The molecule has 2 aromatic heterocycles. The highest BCUT2D eigenvalue weighted by Crippen LogP contribution is 2.33. The van der Waals surface area contributed by atoms with Crippen molar-refractivity contribution in [1.82, 2.24) is 8.71 Å². The minimum atomic E-state index is -1.22. The van der Waals surface area contributed by atoms with Crippen LogP contribution >= 0.6 is 0 Å². The quantitative estimate of drug-likeness (QED) is 0.287. The summed E-state index contributed by atoms with van der Waals surface area (Å²) in [5, 5.41) is 0. The van der Waals surface area contributed by atoms with E-state index in [4.69, 9.17) is 4.74 Å². The number of benzene rings is 2. The molecule has 168 valence electrons. The highest BCUT2D eigenvalue weighted by molar-refractivity contribution is 7.89. The minimum absolute atomic E-state index is 0.382. The number of hydrogen-bond acceptors (Lipinski definition) is 4. The van der Waals surface area contributed by atoms with Gasteiger partial charge in [-0.3, -0.25) is 4.79 Å². The Hall–Kier alpha value is -3.06. The van der Waals surface area contributed by atoms with Gasteiger partial charge in [-0.25, -0.2) is 0 Å². The van der Waals surface area contributed by atoms with Gasteiger partial charge >= 0.3 is 5.97 Å². The van der Waals surface area contributed by atoms with Gasteiger partial charge in [-0.05, 0) is 42.5 Å². The summed E-state index contributed by atoms with van der Waals surface area (Å²) < 4.78 is 22.5. The molecule has 2 aromatic carbocycles. The number of aryl methyl sites for hydroxylation is 1. The molecule has 6 heteroatoms. The third-order valence-electron chi connectivity index (χ3n) is 5.97. The fourth-order valence-electron chi connectivity index (χ4n) is 4.33. The third-order valence-corrected chi connectivity index (χ3v) is 7.43. The van der Waals surface area contributed by atoms with Gasteiger partial charge in [0.05, 0.1) is 23.1 Å². The van der Waals surface area contributed by atoms with Crippen molar-refractivity contribution in [2.45, 2.75) is 31.6 Å². The summed E-state index contributed by atoms with van der Waals surface area (Å²) in [5.74, 6) is 0.0830. The first-order chi connectivity index (χ1) is 16.0. The summed E-state index contributed by atoms with van der Waals surface area (Å²) >= 11 is -1.22. The van der Waals surface area contributed by atoms with Gasteiger partial charge < -0.3 is 13.7 Å². The van der Waals surface area contributed by atoms with Crippen molar-refractivity contribution in [3.63, 3.8) is 0 Å². The maximum Gasteiger partial charge on any atom is 0.308 e. The molecule has 1 fully saturated rings. The molecule has 0 N–H and O–H groups in total. The average Bonchev–Trinajstić information content (AvgIpc) is 3.49. The van der Waals surface area contributed by atoms with Crippen LogP contribution < -0.4 is 4.74 Å². The lowest BCUT2D eigenvalue weighted by molar-refractivity contribution is -0.131. The van der Waals surface area contributed by atoms with Gasteiger partial charge in [0.2, 0.25) is 0 Å². The van der Waals surface area contributed by atoms with E-state index < -0.39 is 11.4 Å². The SMILES string of the molecule is CC(=O)Oc1cc(-c2ccc(-c3cccc(C)c3)cc2)cn2cc([S+]([O-])N3CCCC3)cc12. The molecule has 1 aliphatic heterocycles. The predicted molar refractivity (Wildman–Crippen MR) is 132 cm³/mol. The second-order valence-electron chi connectivity index (χ2n) is 8.49. The molecule has 4 aromatic rings. The van der Waals surface area contributed by atoms with Gasteiger partial charge in [0.25, 0.3) is 0 Å². The molecule has 33 heavy (non-hydrogen) atoms. The lowest BCUT2D eigenvalue weighted by Gasteiger charge is -2.17. The summed E-state index contributed by atoms with van der Waals surface area (Å²) in [5.41, 5.74) is 6.21. The van der Waals surface area contributed by atoms with E-state index in [9.17, 15) is 9.35 Å². The minimum Gasteiger partial charge on any atom is -0.593 e. The Bertz CT molecular complexity index is 1310. The molecule has 0 bridgehead atoms. The predicted octanol–water partition coefficient (Wildman–Crippen LogP) is 5.63. The van der Waals surface area contributed by atoms with Crippen LogP contribution in [0, 0.1) is 6.92 Å². The number of esters is 1. The van der Waals surface area contributed by atoms with Gasteiger partial charge in [0.15, 0.2) is 10.6 Å². The van der Waals surface area contributed by atoms with Crippen molar-refractivity contribution in [2.24, 2.45) is 0 Å². The van der Waals surface area contributed by atoms with E-state index in [1.54, 1.807) is 0 Å². The van der Waals surface area contributed by atoms with Crippen LogP contribution in [0.2, 0.25) is 0 Å². The van der Waals surface area contributed by atoms with Crippen LogP contribution in [0.5, 0.6) is 5.75 Å².